The minimum absolute atomic E-state index is 0.157. The lowest BCUT2D eigenvalue weighted by Crippen LogP contribution is -2.27. The van der Waals surface area contributed by atoms with Crippen molar-refractivity contribution in [2.45, 2.75) is 0 Å². The van der Waals surface area contributed by atoms with Gasteiger partial charge in [0.2, 0.25) is 0 Å². The number of halogens is 2. The molecule has 0 fully saturated rings. The molecule has 0 saturated carbocycles. The summed E-state index contributed by atoms with van der Waals surface area (Å²) < 4.78 is 0. The highest BCUT2D eigenvalue weighted by molar-refractivity contribution is 6.42. The van der Waals surface area contributed by atoms with Gasteiger partial charge in [-0.15, -0.1) is 0 Å². The van der Waals surface area contributed by atoms with E-state index in [0.29, 0.717) is 17.1 Å². The molecule has 0 bridgehead atoms. The number of nitrogens with two attached hydrogens (primary N) is 2. The van der Waals surface area contributed by atoms with E-state index in [4.69, 9.17) is 34.7 Å². The molecule has 0 heterocycles. The van der Waals surface area contributed by atoms with Crippen LogP contribution in [0.5, 0.6) is 0 Å². The smallest absolute Gasteiger partial charge is 0.261 e. The molecule has 2 rings (SSSR count). The Kier molecular flexibility index (Phi) is 4.06. The Bertz CT molecular complexity index is 656. The van der Waals surface area contributed by atoms with Crippen molar-refractivity contribution in [1.82, 2.24) is 0 Å². The van der Waals surface area contributed by atoms with Crippen LogP contribution in [0.4, 0.5) is 17.1 Å². The molecule has 0 aliphatic carbocycles. The van der Waals surface area contributed by atoms with Gasteiger partial charge in [-0.2, -0.15) is 0 Å². The molecular weight excluding hydrogens is 297 g/mol. The van der Waals surface area contributed by atoms with Gasteiger partial charge in [0.05, 0.1) is 21.3 Å². The second-order valence-electron chi connectivity index (χ2n) is 4.28. The highest BCUT2D eigenvalue weighted by Crippen LogP contribution is 2.31. The van der Waals surface area contributed by atoms with Gasteiger partial charge in [0, 0.05) is 18.4 Å². The first-order valence-corrected chi connectivity index (χ1v) is 6.54. The molecule has 4 nitrogen and oxygen atoms in total. The molecule has 6 heteroatoms. The Morgan fingerprint density at radius 2 is 1.65 bits per heavy atom. The molecule has 0 aromatic heterocycles. The van der Waals surface area contributed by atoms with E-state index in [-0.39, 0.29) is 21.5 Å². The number of hydrogen-bond acceptors (Lipinski definition) is 3. The second kappa shape index (κ2) is 5.61. The van der Waals surface area contributed by atoms with Crippen molar-refractivity contribution in [3.05, 3.63) is 52.0 Å². The zero-order chi connectivity index (χ0) is 14.9. The van der Waals surface area contributed by atoms with Gasteiger partial charge in [-0.1, -0.05) is 23.2 Å². The largest absolute Gasteiger partial charge is 0.399 e. The summed E-state index contributed by atoms with van der Waals surface area (Å²) in [5, 5.41) is 0.418. The van der Waals surface area contributed by atoms with E-state index in [0.717, 1.165) is 0 Å². The summed E-state index contributed by atoms with van der Waals surface area (Å²) in [6.07, 6.45) is 0. The summed E-state index contributed by atoms with van der Waals surface area (Å²) in [7, 11) is 1.63. The van der Waals surface area contributed by atoms with Crippen LogP contribution in [-0.4, -0.2) is 13.0 Å². The number of benzene rings is 2. The van der Waals surface area contributed by atoms with E-state index in [1.165, 1.54) is 4.90 Å². The average Bonchev–Trinajstić information content (AvgIpc) is 2.43. The van der Waals surface area contributed by atoms with Crippen LogP contribution in [0.2, 0.25) is 10.0 Å². The third-order valence-corrected chi connectivity index (χ3v) is 3.64. The molecule has 0 aliphatic heterocycles. The topological polar surface area (TPSA) is 72.3 Å². The minimum atomic E-state index is -0.336. The van der Waals surface area contributed by atoms with E-state index in [2.05, 4.69) is 0 Å². The molecule has 104 valence electrons. The molecule has 0 radical (unpaired) electrons. The van der Waals surface area contributed by atoms with Crippen molar-refractivity contribution in [1.29, 1.82) is 0 Å². The molecule has 2 aromatic rings. The van der Waals surface area contributed by atoms with Crippen LogP contribution in [0.25, 0.3) is 0 Å². The molecule has 4 N–H and O–H groups in total. The number of amides is 1. The summed E-state index contributed by atoms with van der Waals surface area (Å²) in [5.74, 6) is -0.336. The fourth-order valence-electron chi connectivity index (χ4n) is 1.75. The predicted octanol–water partition coefficient (Wildman–Crippen LogP) is 3.43. The first kappa shape index (κ1) is 14.5. The monoisotopic (exact) mass is 309 g/mol. The number of carbonyl (C=O) groups is 1. The van der Waals surface area contributed by atoms with E-state index in [1.807, 2.05) is 0 Å². The maximum atomic E-state index is 12.5. The highest BCUT2D eigenvalue weighted by Gasteiger charge is 2.21. The van der Waals surface area contributed by atoms with Crippen LogP contribution in [0.15, 0.2) is 36.4 Å². The highest BCUT2D eigenvalue weighted by atomic mass is 35.5. The Morgan fingerprint density at radius 3 is 2.25 bits per heavy atom. The van der Waals surface area contributed by atoms with Crippen LogP contribution >= 0.6 is 23.2 Å². The van der Waals surface area contributed by atoms with E-state index >= 15 is 0 Å². The molecule has 2 aromatic carbocycles. The minimum Gasteiger partial charge on any atom is -0.399 e. The summed E-state index contributed by atoms with van der Waals surface area (Å²) in [6, 6.07) is 10.0. The molecule has 0 spiro atoms. The van der Waals surface area contributed by atoms with Crippen molar-refractivity contribution < 1.29 is 4.79 Å². The fraction of sp³-hybridized carbons (Fsp3) is 0.0714. The fourth-order valence-corrected chi connectivity index (χ4v) is 2.28. The van der Waals surface area contributed by atoms with Gasteiger partial charge in [0.25, 0.3) is 5.91 Å². The molecule has 0 unspecified atom stereocenters. The van der Waals surface area contributed by atoms with E-state index in [9.17, 15) is 4.79 Å². The van der Waals surface area contributed by atoms with Crippen molar-refractivity contribution >= 4 is 46.2 Å². The molecule has 0 atom stereocenters. The Morgan fingerprint density at radius 1 is 1.05 bits per heavy atom. The third-order valence-electron chi connectivity index (χ3n) is 2.92. The van der Waals surface area contributed by atoms with Gasteiger partial charge in [-0.25, -0.2) is 0 Å². The van der Waals surface area contributed by atoms with Crippen LogP contribution in [0, 0.1) is 0 Å². The Balaban J connectivity index is 2.41. The van der Waals surface area contributed by atoms with E-state index in [1.54, 1.807) is 43.4 Å². The lowest BCUT2D eigenvalue weighted by Gasteiger charge is -2.19. The second-order valence-corrected chi connectivity index (χ2v) is 5.07. The zero-order valence-corrected chi connectivity index (χ0v) is 12.2. The van der Waals surface area contributed by atoms with Crippen molar-refractivity contribution in [3.8, 4) is 0 Å². The van der Waals surface area contributed by atoms with Crippen LogP contribution in [0.3, 0.4) is 0 Å². The number of hydrogen-bond donors (Lipinski definition) is 2. The summed E-state index contributed by atoms with van der Waals surface area (Å²) in [6.45, 7) is 0. The number of nitrogen functional groups attached to an aromatic ring is 2. The maximum Gasteiger partial charge on any atom is 0.261 e. The maximum absolute atomic E-state index is 12.5. The zero-order valence-electron chi connectivity index (χ0n) is 10.7. The summed E-state index contributed by atoms with van der Waals surface area (Å²) >= 11 is 12.1. The standard InChI is InChI=1S/C14H13Cl2N3O/c1-19(9-4-2-8(17)3-5-9)14(20)12-10(15)6-7-11(18)13(12)16/h2-7H,17-18H2,1H3. The molecular formula is C14H13Cl2N3O. The van der Waals surface area contributed by atoms with Crippen LogP contribution < -0.4 is 16.4 Å². The van der Waals surface area contributed by atoms with Gasteiger partial charge >= 0.3 is 0 Å². The first-order valence-electron chi connectivity index (χ1n) is 5.79. The Labute approximate surface area is 126 Å². The average molecular weight is 310 g/mol. The predicted molar refractivity (Wildman–Crippen MR) is 84.5 cm³/mol. The quantitative estimate of drug-likeness (QED) is 0.835. The summed E-state index contributed by atoms with van der Waals surface area (Å²) in [5.41, 5.74) is 13.1. The number of nitrogens with zero attached hydrogens (tertiary/aromatic N) is 1. The molecule has 1 amide bonds. The van der Waals surface area contributed by atoms with Crippen molar-refractivity contribution in [2.24, 2.45) is 0 Å². The van der Waals surface area contributed by atoms with Gasteiger partial charge in [-0.3, -0.25) is 4.79 Å². The molecule has 20 heavy (non-hydrogen) atoms. The van der Waals surface area contributed by atoms with Crippen LogP contribution in [0.1, 0.15) is 10.4 Å². The van der Waals surface area contributed by atoms with Gasteiger partial charge in [-0.05, 0) is 36.4 Å². The van der Waals surface area contributed by atoms with Gasteiger partial charge in [0.15, 0.2) is 0 Å². The molecule has 0 saturated heterocycles. The van der Waals surface area contributed by atoms with Crippen molar-refractivity contribution in [2.75, 3.05) is 23.4 Å². The van der Waals surface area contributed by atoms with Crippen molar-refractivity contribution in [3.63, 3.8) is 0 Å². The number of carbonyl (C=O) groups excluding carboxylic acids is 1. The Hall–Kier alpha value is -1.91. The van der Waals surface area contributed by atoms with Gasteiger partial charge < -0.3 is 16.4 Å². The van der Waals surface area contributed by atoms with Crippen LogP contribution in [-0.2, 0) is 0 Å². The SMILES string of the molecule is CN(C(=O)c1c(Cl)ccc(N)c1Cl)c1ccc(N)cc1. The lowest BCUT2D eigenvalue weighted by molar-refractivity contribution is 0.0993. The first-order chi connectivity index (χ1) is 9.41. The third kappa shape index (κ3) is 2.66. The lowest BCUT2D eigenvalue weighted by atomic mass is 10.1. The van der Waals surface area contributed by atoms with Gasteiger partial charge in [0.1, 0.15) is 0 Å². The number of anilines is 3. The van der Waals surface area contributed by atoms with E-state index < -0.39 is 0 Å². The normalized spacial score (nSPS) is 10.3. The number of rotatable bonds is 2. The summed E-state index contributed by atoms with van der Waals surface area (Å²) in [4.78, 5) is 13.9. The molecule has 0 aliphatic rings.